The number of aryl methyl sites for hydroxylation is 2. The zero-order valence-corrected chi connectivity index (χ0v) is 14.1. The quantitative estimate of drug-likeness (QED) is 0.843. The highest BCUT2D eigenvalue weighted by Gasteiger charge is 2.21. The van der Waals surface area contributed by atoms with Gasteiger partial charge in [0, 0.05) is 18.6 Å². The van der Waals surface area contributed by atoms with E-state index in [1.54, 1.807) is 0 Å². The van der Waals surface area contributed by atoms with Crippen molar-refractivity contribution in [2.24, 2.45) is 5.73 Å². The van der Waals surface area contributed by atoms with Gasteiger partial charge in [0.05, 0.1) is 0 Å². The van der Waals surface area contributed by atoms with E-state index < -0.39 is 0 Å². The lowest BCUT2D eigenvalue weighted by Gasteiger charge is -2.36. The van der Waals surface area contributed by atoms with Gasteiger partial charge in [-0.2, -0.15) is 0 Å². The van der Waals surface area contributed by atoms with E-state index in [1.807, 2.05) is 0 Å². The van der Waals surface area contributed by atoms with Crippen molar-refractivity contribution in [3.05, 3.63) is 34.9 Å². The normalized spacial score (nSPS) is 21.4. The molecule has 1 aliphatic rings. The van der Waals surface area contributed by atoms with E-state index in [0.29, 0.717) is 0 Å². The highest BCUT2D eigenvalue weighted by molar-refractivity contribution is 5.30. The van der Waals surface area contributed by atoms with Crippen LogP contribution in [-0.4, -0.2) is 24.0 Å². The van der Waals surface area contributed by atoms with Crippen molar-refractivity contribution < 1.29 is 0 Å². The lowest BCUT2D eigenvalue weighted by atomic mass is 9.96. The number of hydrogen-bond donors (Lipinski definition) is 1. The molecule has 1 aliphatic heterocycles. The Bertz CT molecular complexity index is 419. The van der Waals surface area contributed by atoms with Crippen LogP contribution in [0.4, 0.5) is 0 Å². The van der Waals surface area contributed by atoms with Gasteiger partial charge in [-0.05, 0) is 51.6 Å². The molecular weight excluding hydrogens is 256 g/mol. The number of piperidine rings is 1. The van der Waals surface area contributed by atoms with Crippen LogP contribution >= 0.6 is 0 Å². The molecule has 2 atom stereocenters. The maximum absolute atomic E-state index is 6.44. The summed E-state index contributed by atoms with van der Waals surface area (Å²) in [6.07, 6.45) is 7.86. The number of rotatable bonds is 6. The Morgan fingerprint density at radius 2 is 1.90 bits per heavy atom. The predicted molar refractivity (Wildman–Crippen MR) is 91.6 cm³/mol. The molecule has 0 bridgehead atoms. The molecule has 1 fully saturated rings. The first-order valence-electron chi connectivity index (χ1n) is 8.68. The van der Waals surface area contributed by atoms with E-state index in [2.05, 4.69) is 43.9 Å². The summed E-state index contributed by atoms with van der Waals surface area (Å²) in [6.45, 7) is 9.04. The molecule has 2 nitrogen and oxygen atoms in total. The van der Waals surface area contributed by atoms with Crippen molar-refractivity contribution in [2.75, 3.05) is 13.1 Å². The second-order valence-corrected chi connectivity index (χ2v) is 6.79. The van der Waals surface area contributed by atoms with E-state index in [1.165, 1.54) is 55.3 Å². The van der Waals surface area contributed by atoms with Crippen LogP contribution in [0.5, 0.6) is 0 Å². The van der Waals surface area contributed by atoms with Gasteiger partial charge in [-0.1, -0.05) is 49.1 Å². The highest BCUT2D eigenvalue weighted by Crippen LogP contribution is 2.23. The van der Waals surface area contributed by atoms with E-state index >= 15 is 0 Å². The molecule has 0 radical (unpaired) electrons. The second kappa shape index (κ2) is 7.95. The van der Waals surface area contributed by atoms with Crippen molar-refractivity contribution in [1.29, 1.82) is 0 Å². The van der Waals surface area contributed by atoms with Gasteiger partial charge in [0.2, 0.25) is 0 Å². The fourth-order valence-electron chi connectivity index (χ4n) is 3.71. The summed E-state index contributed by atoms with van der Waals surface area (Å²) in [5.41, 5.74) is 10.4. The average molecular weight is 288 g/mol. The first-order valence-corrected chi connectivity index (χ1v) is 8.68. The van der Waals surface area contributed by atoms with Crippen LogP contribution in [0.15, 0.2) is 18.2 Å². The van der Waals surface area contributed by atoms with E-state index in [4.69, 9.17) is 5.73 Å². The standard InChI is InChI=1S/C19H32N2/c1-4-7-18-8-5-6-10-21(18)11-9-19(20)17-13-15(2)12-16(3)14-17/h12-14,18-19H,4-11,20H2,1-3H3. The lowest BCUT2D eigenvalue weighted by molar-refractivity contribution is 0.135. The van der Waals surface area contributed by atoms with Gasteiger partial charge >= 0.3 is 0 Å². The summed E-state index contributed by atoms with van der Waals surface area (Å²) < 4.78 is 0. The first kappa shape index (κ1) is 16.5. The zero-order chi connectivity index (χ0) is 15.2. The van der Waals surface area contributed by atoms with Crippen molar-refractivity contribution in [3.8, 4) is 0 Å². The number of nitrogens with two attached hydrogens (primary N) is 1. The molecule has 118 valence electrons. The van der Waals surface area contributed by atoms with Crippen LogP contribution in [0.2, 0.25) is 0 Å². The zero-order valence-electron chi connectivity index (χ0n) is 14.1. The summed E-state index contributed by atoms with van der Waals surface area (Å²) in [6, 6.07) is 7.69. The van der Waals surface area contributed by atoms with Crippen molar-refractivity contribution in [3.63, 3.8) is 0 Å². The van der Waals surface area contributed by atoms with Gasteiger partial charge in [0.25, 0.3) is 0 Å². The van der Waals surface area contributed by atoms with Gasteiger partial charge in [-0.25, -0.2) is 0 Å². The maximum Gasteiger partial charge on any atom is 0.0307 e. The van der Waals surface area contributed by atoms with Gasteiger partial charge in [0.1, 0.15) is 0 Å². The number of likely N-dealkylation sites (tertiary alicyclic amines) is 1. The molecule has 2 unspecified atom stereocenters. The topological polar surface area (TPSA) is 29.3 Å². The Balaban J connectivity index is 1.91. The molecule has 2 rings (SSSR count). The summed E-state index contributed by atoms with van der Waals surface area (Å²) in [5.74, 6) is 0. The Hall–Kier alpha value is -0.860. The highest BCUT2D eigenvalue weighted by atomic mass is 15.2. The molecule has 0 aromatic heterocycles. The fourth-order valence-corrected chi connectivity index (χ4v) is 3.71. The van der Waals surface area contributed by atoms with Crippen LogP contribution < -0.4 is 5.73 Å². The molecule has 1 heterocycles. The van der Waals surface area contributed by atoms with Crippen molar-refractivity contribution in [1.82, 2.24) is 4.90 Å². The molecule has 0 amide bonds. The van der Waals surface area contributed by atoms with Crippen LogP contribution in [0.1, 0.15) is 68.2 Å². The van der Waals surface area contributed by atoms with E-state index in [9.17, 15) is 0 Å². The molecule has 1 saturated heterocycles. The van der Waals surface area contributed by atoms with Crippen molar-refractivity contribution >= 4 is 0 Å². The minimum Gasteiger partial charge on any atom is -0.324 e. The molecule has 21 heavy (non-hydrogen) atoms. The van der Waals surface area contributed by atoms with Gasteiger partial charge in [-0.15, -0.1) is 0 Å². The van der Waals surface area contributed by atoms with Crippen LogP contribution in [0.3, 0.4) is 0 Å². The van der Waals surface area contributed by atoms with E-state index in [0.717, 1.165) is 19.0 Å². The number of hydrogen-bond acceptors (Lipinski definition) is 2. The van der Waals surface area contributed by atoms with Crippen molar-refractivity contribution in [2.45, 2.75) is 71.4 Å². The monoisotopic (exact) mass is 288 g/mol. The minimum absolute atomic E-state index is 0.174. The second-order valence-electron chi connectivity index (χ2n) is 6.79. The third-order valence-corrected chi connectivity index (χ3v) is 4.77. The van der Waals surface area contributed by atoms with E-state index in [-0.39, 0.29) is 6.04 Å². The molecule has 1 aromatic carbocycles. The minimum atomic E-state index is 0.174. The van der Waals surface area contributed by atoms with Gasteiger partial charge in [0.15, 0.2) is 0 Å². The molecule has 1 aromatic rings. The Morgan fingerprint density at radius 1 is 1.19 bits per heavy atom. The summed E-state index contributed by atoms with van der Waals surface area (Å²) in [4.78, 5) is 2.69. The lowest BCUT2D eigenvalue weighted by Crippen LogP contribution is -2.40. The van der Waals surface area contributed by atoms with Crippen LogP contribution in [-0.2, 0) is 0 Å². The fraction of sp³-hybridized carbons (Fsp3) is 0.684. The number of nitrogens with zero attached hydrogens (tertiary/aromatic N) is 1. The molecule has 2 heteroatoms. The molecule has 0 aliphatic carbocycles. The molecule has 0 saturated carbocycles. The molecule has 0 spiro atoms. The largest absolute Gasteiger partial charge is 0.324 e. The summed E-state index contributed by atoms with van der Waals surface area (Å²) >= 11 is 0. The Morgan fingerprint density at radius 3 is 2.57 bits per heavy atom. The average Bonchev–Trinajstić information content (AvgIpc) is 2.45. The van der Waals surface area contributed by atoms with Crippen LogP contribution in [0.25, 0.3) is 0 Å². The first-order chi connectivity index (χ1) is 10.1. The number of benzene rings is 1. The maximum atomic E-state index is 6.44. The van der Waals surface area contributed by atoms with Gasteiger partial charge < -0.3 is 10.6 Å². The summed E-state index contributed by atoms with van der Waals surface area (Å²) in [7, 11) is 0. The Labute approximate surface area is 130 Å². The third kappa shape index (κ3) is 4.82. The predicted octanol–water partition coefficient (Wildman–Crippen LogP) is 4.35. The van der Waals surface area contributed by atoms with Gasteiger partial charge in [-0.3, -0.25) is 0 Å². The van der Waals surface area contributed by atoms with Crippen LogP contribution in [0, 0.1) is 13.8 Å². The molecule has 2 N–H and O–H groups in total. The molecular formula is C19H32N2. The third-order valence-electron chi connectivity index (χ3n) is 4.77. The Kier molecular flexibility index (Phi) is 6.25. The SMILES string of the molecule is CCCC1CCCCN1CCC(N)c1cc(C)cc(C)c1. The smallest absolute Gasteiger partial charge is 0.0307 e. The summed E-state index contributed by atoms with van der Waals surface area (Å²) in [5, 5.41) is 0.